The third kappa shape index (κ3) is 5.99. The molecule has 0 unspecified atom stereocenters. The van der Waals surface area contributed by atoms with Gasteiger partial charge in [0.15, 0.2) is 6.61 Å². The topological polar surface area (TPSA) is 105 Å². The summed E-state index contributed by atoms with van der Waals surface area (Å²) in [5, 5.41) is 5.75. The van der Waals surface area contributed by atoms with Crippen LogP contribution in [0.3, 0.4) is 0 Å². The first kappa shape index (κ1) is 25.9. The third-order valence-electron chi connectivity index (χ3n) is 5.51. The van der Waals surface area contributed by atoms with Gasteiger partial charge in [0.1, 0.15) is 11.3 Å². The lowest BCUT2D eigenvalue weighted by atomic mass is 10.1. The maximum Gasteiger partial charge on any atom is 0.335 e. The van der Waals surface area contributed by atoms with Crippen molar-refractivity contribution in [1.82, 2.24) is 5.32 Å². The molecule has 3 aromatic rings. The molecule has 4 rings (SSSR count). The number of amides is 5. The number of imide groups is 2. The molecule has 0 aliphatic carbocycles. The van der Waals surface area contributed by atoms with Crippen LogP contribution in [0.15, 0.2) is 66.2 Å². The number of ether oxygens (including phenoxy) is 1. The van der Waals surface area contributed by atoms with Crippen LogP contribution in [-0.4, -0.2) is 30.4 Å². The molecule has 0 atom stereocenters. The molecular formula is C27H21Cl2N3O5. The van der Waals surface area contributed by atoms with Gasteiger partial charge in [-0.2, -0.15) is 0 Å². The Morgan fingerprint density at radius 2 is 1.76 bits per heavy atom. The van der Waals surface area contributed by atoms with Gasteiger partial charge in [0, 0.05) is 15.7 Å². The van der Waals surface area contributed by atoms with Gasteiger partial charge in [-0.1, -0.05) is 47.5 Å². The predicted octanol–water partition coefficient (Wildman–Crippen LogP) is 5.29. The summed E-state index contributed by atoms with van der Waals surface area (Å²) in [5.74, 6) is -1.67. The molecule has 8 nitrogen and oxygen atoms in total. The summed E-state index contributed by atoms with van der Waals surface area (Å²) in [7, 11) is 0. The van der Waals surface area contributed by atoms with Crippen LogP contribution in [0.25, 0.3) is 6.08 Å². The van der Waals surface area contributed by atoms with E-state index in [2.05, 4.69) is 10.6 Å². The number of nitrogens with zero attached hydrogens (tertiary/aromatic N) is 1. The lowest BCUT2D eigenvalue weighted by Crippen LogP contribution is -2.54. The van der Waals surface area contributed by atoms with Crippen molar-refractivity contribution in [2.24, 2.45) is 0 Å². The summed E-state index contributed by atoms with van der Waals surface area (Å²) in [5.41, 5.74) is 2.54. The van der Waals surface area contributed by atoms with E-state index in [-0.39, 0.29) is 17.9 Å². The van der Waals surface area contributed by atoms with Gasteiger partial charge < -0.3 is 10.1 Å². The Morgan fingerprint density at radius 3 is 2.51 bits per heavy atom. The first-order valence-electron chi connectivity index (χ1n) is 11.1. The van der Waals surface area contributed by atoms with Crippen LogP contribution in [0.4, 0.5) is 16.2 Å². The number of hydrogen-bond donors (Lipinski definition) is 2. The fourth-order valence-corrected chi connectivity index (χ4v) is 3.92. The van der Waals surface area contributed by atoms with Crippen LogP contribution in [0.2, 0.25) is 10.0 Å². The fourth-order valence-electron chi connectivity index (χ4n) is 3.58. The standard InChI is InChI=1S/C27H21Cl2N3O5/c1-15-7-9-19(13-22(15)29)30-24(33)14-37-20-5-3-4-17(10-20)11-21-25(34)31-27(36)32(26(21)35)23-12-18(28)8-6-16(23)2/h3-13H,14H2,1-2H3,(H,30,33)(H,31,34,36)/b21-11+. The molecule has 37 heavy (non-hydrogen) atoms. The normalized spacial score (nSPS) is 14.5. The zero-order valence-electron chi connectivity index (χ0n) is 19.8. The number of anilines is 2. The minimum atomic E-state index is -0.865. The molecule has 1 aliphatic rings. The van der Waals surface area contributed by atoms with E-state index in [1.807, 2.05) is 6.92 Å². The number of benzene rings is 3. The average Bonchev–Trinajstić information content (AvgIpc) is 2.85. The first-order valence-corrected chi connectivity index (χ1v) is 11.8. The van der Waals surface area contributed by atoms with Crippen molar-refractivity contribution in [3.63, 3.8) is 0 Å². The summed E-state index contributed by atoms with van der Waals surface area (Å²) >= 11 is 12.1. The van der Waals surface area contributed by atoms with Crippen molar-refractivity contribution < 1.29 is 23.9 Å². The summed E-state index contributed by atoms with van der Waals surface area (Å²) in [4.78, 5) is 51.3. The molecule has 5 amide bonds. The number of carbonyl (C=O) groups excluding carboxylic acids is 4. The van der Waals surface area contributed by atoms with Crippen LogP contribution in [0, 0.1) is 13.8 Å². The molecule has 1 aliphatic heterocycles. The van der Waals surface area contributed by atoms with Crippen molar-refractivity contribution in [2.45, 2.75) is 13.8 Å². The quantitative estimate of drug-likeness (QED) is 0.328. The molecule has 0 bridgehead atoms. The third-order valence-corrected chi connectivity index (χ3v) is 6.15. The molecule has 0 radical (unpaired) electrons. The number of urea groups is 1. The van der Waals surface area contributed by atoms with E-state index in [4.69, 9.17) is 27.9 Å². The molecule has 0 saturated carbocycles. The highest BCUT2D eigenvalue weighted by Gasteiger charge is 2.37. The van der Waals surface area contributed by atoms with Gasteiger partial charge in [-0.15, -0.1) is 0 Å². The van der Waals surface area contributed by atoms with E-state index in [1.54, 1.807) is 61.5 Å². The number of carbonyl (C=O) groups is 4. The molecule has 1 fully saturated rings. The Bertz CT molecular complexity index is 1470. The van der Waals surface area contributed by atoms with Gasteiger partial charge in [-0.05, 0) is 73.0 Å². The molecule has 3 aromatic carbocycles. The maximum atomic E-state index is 13.2. The summed E-state index contributed by atoms with van der Waals surface area (Å²) < 4.78 is 5.57. The molecule has 0 spiro atoms. The average molecular weight is 538 g/mol. The molecular weight excluding hydrogens is 517 g/mol. The Kier molecular flexibility index (Phi) is 7.61. The largest absolute Gasteiger partial charge is 0.484 e. The zero-order chi connectivity index (χ0) is 26.7. The highest BCUT2D eigenvalue weighted by molar-refractivity contribution is 6.39. The number of barbiturate groups is 1. The summed E-state index contributed by atoms with van der Waals surface area (Å²) in [6.07, 6.45) is 1.35. The molecule has 1 saturated heterocycles. The van der Waals surface area contributed by atoms with Crippen LogP contribution in [0.1, 0.15) is 16.7 Å². The van der Waals surface area contributed by atoms with E-state index >= 15 is 0 Å². The smallest absolute Gasteiger partial charge is 0.335 e. The maximum absolute atomic E-state index is 13.2. The second-order valence-corrected chi connectivity index (χ2v) is 9.11. The van der Waals surface area contributed by atoms with Crippen molar-refractivity contribution in [3.05, 3.63) is 93.0 Å². The van der Waals surface area contributed by atoms with Crippen molar-refractivity contribution in [1.29, 1.82) is 0 Å². The minimum absolute atomic E-state index is 0.245. The molecule has 10 heteroatoms. The van der Waals surface area contributed by atoms with E-state index in [0.717, 1.165) is 10.5 Å². The van der Waals surface area contributed by atoms with Gasteiger partial charge >= 0.3 is 6.03 Å². The van der Waals surface area contributed by atoms with E-state index in [9.17, 15) is 19.2 Å². The first-order chi connectivity index (χ1) is 17.6. The molecule has 2 N–H and O–H groups in total. The van der Waals surface area contributed by atoms with Crippen molar-refractivity contribution >= 4 is 64.4 Å². The monoisotopic (exact) mass is 537 g/mol. The van der Waals surface area contributed by atoms with Gasteiger partial charge in [0.25, 0.3) is 17.7 Å². The Labute approximate surface area is 222 Å². The molecule has 188 valence electrons. The molecule has 0 aromatic heterocycles. The highest BCUT2D eigenvalue weighted by Crippen LogP contribution is 2.28. The second kappa shape index (κ2) is 10.9. The van der Waals surface area contributed by atoms with Gasteiger partial charge in [-0.25, -0.2) is 9.69 Å². The highest BCUT2D eigenvalue weighted by atomic mass is 35.5. The van der Waals surface area contributed by atoms with Crippen LogP contribution >= 0.6 is 23.2 Å². The van der Waals surface area contributed by atoms with Gasteiger partial charge in [-0.3, -0.25) is 19.7 Å². The van der Waals surface area contributed by atoms with E-state index in [0.29, 0.717) is 32.6 Å². The summed E-state index contributed by atoms with van der Waals surface area (Å²) in [6.45, 7) is 3.30. The van der Waals surface area contributed by atoms with Crippen molar-refractivity contribution in [3.8, 4) is 5.75 Å². The second-order valence-electron chi connectivity index (χ2n) is 8.26. The Hall–Kier alpha value is -4.14. The number of halogens is 2. The summed E-state index contributed by atoms with van der Waals surface area (Å²) in [6, 6.07) is 15.6. The van der Waals surface area contributed by atoms with E-state index < -0.39 is 23.8 Å². The lowest BCUT2D eigenvalue weighted by Gasteiger charge is -2.27. The van der Waals surface area contributed by atoms with E-state index in [1.165, 1.54) is 12.1 Å². The SMILES string of the molecule is Cc1ccc(NC(=O)COc2cccc(/C=C3\C(=O)NC(=O)N(c4cc(Cl)ccc4C)C3=O)c2)cc1Cl. The Balaban J connectivity index is 1.50. The van der Waals surface area contributed by atoms with Gasteiger partial charge in [0.05, 0.1) is 5.69 Å². The Morgan fingerprint density at radius 1 is 1.00 bits per heavy atom. The molecule has 1 heterocycles. The number of nitrogens with one attached hydrogen (secondary N) is 2. The lowest BCUT2D eigenvalue weighted by molar-refractivity contribution is -0.122. The van der Waals surface area contributed by atoms with Crippen molar-refractivity contribution in [2.75, 3.05) is 16.8 Å². The predicted molar refractivity (Wildman–Crippen MR) is 142 cm³/mol. The number of aryl methyl sites for hydroxylation is 2. The fraction of sp³-hybridized carbons (Fsp3) is 0.111. The van der Waals surface area contributed by atoms with Crippen LogP contribution in [-0.2, 0) is 14.4 Å². The number of rotatable bonds is 6. The van der Waals surface area contributed by atoms with Crippen LogP contribution < -0.4 is 20.3 Å². The zero-order valence-corrected chi connectivity index (χ0v) is 21.3. The van der Waals surface area contributed by atoms with Gasteiger partial charge in [0.2, 0.25) is 0 Å². The minimum Gasteiger partial charge on any atom is -0.484 e. The van der Waals surface area contributed by atoms with Crippen LogP contribution in [0.5, 0.6) is 5.75 Å². The number of hydrogen-bond acceptors (Lipinski definition) is 5.